The second kappa shape index (κ2) is 9.53. The van der Waals surface area contributed by atoms with Gasteiger partial charge in [-0.1, -0.05) is 58.3 Å². The first-order valence-corrected chi connectivity index (χ1v) is 8.62. The summed E-state index contributed by atoms with van der Waals surface area (Å²) in [6.45, 7) is 2.17. The third-order valence-corrected chi connectivity index (χ3v) is 4.57. The molecule has 1 rings (SSSR count). The van der Waals surface area contributed by atoms with E-state index < -0.39 is 29.4 Å². The van der Waals surface area contributed by atoms with Crippen LogP contribution in [0.25, 0.3) is 0 Å². The monoisotopic (exact) mass is 328 g/mol. The number of rotatable bonds is 12. The van der Waals surface area contributed by atoms with Crippen LogP contribution in [-0.4, -0.2) is 33.7 Å². The van der Waals surface area contributed by atoms with Gasteiger partial charge in [0.15, 0.2) is 0 Å². The molecule has 0 aromatic heterocycles. The van der Waals surface area contributed by atoms with Crippen molar-refractivity contribution in [1.29, 1.82) is 0 Å². The zero-order chi connectivity index (χ0) is 17.3. The number of hydrogen-bond donors (Lipinski definition) is 2. The molecule has 23 heavy (non-hydrogen) atoms. The molecule has 1 saturated heterocycles. The lowest BCUT2D eigenvalue weighted by Crippen LogP contribution is -2.49. The highest BCUT2D eigenvalue weighted by Gasteiger charge is 2.56. The van der Waals surface area contributed by atoms with Crippen LogP contribution in [0.5, 0.6) is 0 Å². The molecular weight excluding hydrogens is 300 g/mol. The summed E-state index contributed by atoms with van der Waals surface area (Å²) in [5, 5.41) is 18.8. The number of carbonyl (C=O) groups excluding carboxylic acids is 1. The van der Waals surface area contributed by atoms with E-state index in [1.807, 2.05) is 0 Å². The van der Waals surface area contributed by atoms with Crippen LogP contribution in [0.3, 0.4) is 0 Å². The first-order chi connectivity index (χ1) is 10.9. The summed E-state index contributed by atoms with van der Waals surface area (Å²) < 4.78 is 4.94. The number of carbonyl (C=O) groups is 3. The maximum atomic E-state index is 11.5. The van der Waals surface area contributed by atoms with Gasteiger partial charge in [-0.15, -0.1) is 0 Å². The van der Waals surface area contributed by atoms with E-state index in [2.05, 4.69) is 6.92 Å². The van der Waals surface area contributed by atoms with Crippen molar-refractivity contribution in [3.63, 3.8) is 0 Å². The number of esters is 1. The molecule has 0 radical (unpaired) electrons. The van der Waals surface area contributed by atoms with Crippen LogP contribution >= 0.6 is 0 Å². The molecule has 0 bridgehead atoms. The molecule has 1 fully saturated rings. The van der Waals surface area contributed by atoms with Gasteiger partial charge < -0.3 is 14.9 Å². The van der Waals surface area contributed by atoms with Crippen molar-refractivity contribution < 1.29 is 29.3 Å². The van der Waals surface area contributed by atoms with Crippen molar-refractivity contribution in [1.82, 2.24) is 0 Å². The molecule has 2 atom stereocenters. The van der Waals surface area contributed by atoms with E-state index in [-0.39, 0.29) is 19.3 Å². The predicted octanol–water partition coefficient (Wildman–Crippen LogP) is 3.38. The minimum atomic E-state index is -1.88. The van der Waals surface area contributed by atoms with Crippen molar-refractivity contribution in [3.8, 4) is 0 Å². The lowest BCUT2D eigenvalue weighted by atomic mass is 9.81. The summed E-state index contributed by atoms with van der Waals surface area (Å²) in [4.78, 5) is 34.3. The Morgan fingerprint density at radius 1 is 1.09 bits per heavy atom. The maximum absolute atomic E-state index is 11.5. The van der Waals surface area contributed by atoms with Crippen LogP contribution in [-0.2, 0) is 19.1 Å². The molecule has 6 heteroatoms. The van der Waals surface area contributed by atoms with Gasteiger partial charge in [0, 0.05) is 12.8 Å². The molecule has 0 aromatic carbocycles. The second-order valence-corrected chi connectivity index (χ2v) is 6.32. The van der Waals surface area contributed by atoms with Gasteiger partial charge in [-0.3, -0.25) is 9.59 Å². The summed E-state index contributed by atoms with van der Waals surface area (Å²) in [6.07, 6.45) is 8.65. The number of ether oxygens (including phenoxy) is 1. The molecule has 0 amide bonds. The number of aliphatic carboxylic acids is 2. The third kappa shape index (κ3) is 5.52. The topological polar surface area (TPSA) is 101 Å². The van der Waals surface area contributed by atoms with E-state index in [0.717, 1.165) is 19.3 Å². The molecule has 132 valence electrons. The number of hydrogen-bond acceptors (Lipinski definition) is 4. The van der Waals surface area contributed by atoms with Crippen LogP contribution in [0.4, 0.5) is 0 Å². The Bertz CT molecular complexity index is 419. The highest BCUT2D eigenvalue weighted by atomic mass is 16.6. The summed E-state index contributed by atoms with van der Waals surface area (Å²) in [5.41, 5.74) is -1.88. The molecule has 2 N–H and O–H groups in total. The van der Waals surface area contributed by atoms with Gasteiger partial charge in [-0.2, -0.15) is 0 Å². The normalized spacial score (nSPS) is 21.9. The van der Waals surface area contributed by atoms with Crippen LogP contribution in [0.2, 0.25) is 0 Å². The van der Waals surface area contributed by atoms with Gasteiger partial charge in [0.25, 0.3) is 0 Å². The average Bonchev–Trinajstić information content (AvgIpc) is 2.88. The first-order valence-electron chi connectivity index (χ1n) is 8.62. The predicted molar refractivity (Wildman–Crippen MR) is 84.0 cm³/mol. The van der Waals surface area contributed by atoms with Crippen molar-refractivity contribution >= 4 is 17.9 Å². The van der Waals surface area contributed by atoms with Gasteiger partial charge in [0.1, 0.15) is 5.92 Å². The molecule has 1 aliphatic heterocycles. The molecule has 0 unspecified atom stereocenters. The molecule has 1 aliphatic rings. The van der Waals surface area contributed by atoms with Crippen molar-refractivity contribution in [2.75, 3.05) is 0 Å². The molecule has 0 spiro atoms. The van der Waals surface area contributed by atoms with E-state index >= 15 is 0 Å². The maximum Gasteiger partial charge on any atom is 0.349 e. The number of carboxylic acids is 2. The summed E-state index contributed by atoms with van der Waals surface area (Å²) in [6, 6.07) is 0. The van der Waals surface area contributed by atoms with Crippen LogP contribution in [0.1, 0.15) is 77.6 Å². The van der Waals surface area contributed by atoms with E-state index in [4.69, 9.17) is 4.74 Å². The van der Waals surface area contributed by atoms with Crippen LogP contribution in [0, 0.1) is 5.92 Å². The second-order valence-electron chi connectivity index (χ2n) is 6.32. The lowest BCUT2D eigenvalue weighted by molar-refractivity contribution is -0.182. The fourth-order valence-corrected chi connectivity index (χ4v) is 3.18. The molecule has 0 aliphatic carbocycles. The average molecular weight is 328 g/mol. The number of unbranched alkanes of at least 4 members (excludes halogenated alkanes) is 7. The fourth-order valence-electron chi connectivity index (χ4n) is 3.18. The van der Waals surface area contributed by atoms with E-state index in [1.165, 1.54) is 25.7 Å². The Morgan fingerprint density at radius 3 is 2.09 bits per heavy atom. The van der Waals surface area contributed by atoms with Crippen LogP contribution in [0.15, 0.2) is 0 Å². The van der Waals surface area contributed by atoms with E-state index in [0.29, 0.717) is 6.42 Å². The highest BCUT2D eigenvalue weighted by Crippen LogP contribution is 2.37. The number of cyclic esters (lactones) is 1. The molecule has 0 aromatic rings. The minimum absolute atomic E-state index is 0.0342. The van der Waals surface area contributed by atoms with Gasteiger partial charge in [-0.05, 0) is 6.42 Å². The van der Waals surface area contributed by atoms with Crippen molar-refractivity contribution in [2.45, 2.75) is 83.2 Å². The third-order valence-electron chi connectivity index (χ3n) is 4.57. The molecule has 6 nitrogen and oxygen atoms in total. The SMILES string of the molecule is CCCCCCCCCC[C@H](C(=O)O)[C@]1(C(=O)O)CCC(=O)O1. The zero-order valence-electron chi connectivity index (χ0n) is 13.9. The molecule has 0 saturated carbocycles. The first kappa shape index (κ1) is 19.5. The molecule has 1 heterocycles. The Balaban J connectivity index is 2.44. The van der Waals surface area contributed by atoms with E-state index in [1.54, 1.807) is 0 Å². The highest BCUT2D eigenvalue weighted by molar-refractivity contribution is 5.90. The van der Waals surface area contributed by atoms with Gasteiger partial charge in [0.05, 0.1) is 0 Å². The summed E-state index contributed by atoms with van der Waals surface area (Å²) >= 11 is 0. The zero-order valence-corrected chi connectivity index (χ0v) is 13.9. The summed E-state index contributed by atoms with van der Waals surface area (Å²) in [5.74, 6) is -4.36. The fraction of sp³-hybridized carbons (Fsp3) is 0.824. The minimum Gasteiger partial charge on any atom is -0.481 e. The van der Waals surface area contributed by atoms with Crippen molar-refractivity contribution in [2.24, 2.45) is 5.92 Å². The Labute approximate surface area is 137 Å². The van der Waals surface area contributed by atoms with Gasteiger partial charge in [-0.25, -0.2) is 4.79 Å². The Kier molecular flexibility index (Phi) is 8.06. The number of carboxylic acid groups (broad SMARTS) is 2. The van der Waals surface area contributed by atoms with Crippen LogP contribution < -0.4 is 0 Å². The van der Waals surface area contributed by atoms with Crippen molar-refractivity contribution in [3.05, 3.63) is 0 Å². The molecular formula is C17H28O6. The summed E-state index contributed by atoms with van der Waals surface area (Å²) in [7, 11) is 0. The van der Waals surface area contributed by atoms with E-state index in [9.17, 15) is 24.6 Å². The lowest BCUT2D eigenvalue weighted by Gasteiger charge is -2.29. The Morgan fingerprint density at radius 2 is 1.65 bits per heavy atom. The Hall–Kier alpha value is -1.59. The largest absolute Gasteiger partial charge is 0.481 e. The van der Waals surface area contributed by atoms with Gasteiger partial charge in [0.2, 0.25) is 5.60 Å². The standard InChI is InChI=1S/C17H28O6/c1-2-3-4-5-6-7-8-9-10-13(15(19)20)17(16(21)22)12-11-14(18)23-17/h13H,2-12H2,1H3,(H,19,20)(H,21,22)/t13-,17+/m1/s1. The smallest absolute Gasteiger partial charge is 0.349 e. The quantitative estimate of drug-likeness (QED) is 0.421. The van der Waals surface area contributed by atoms with Gasteiger partial charge >= 0.3 is 17.9 Å².